The second-order valence-electron chi connectivity index (χ2n) is 3.86. The molecule has 0 bridgehead atoms. The summed E-state index contributed by atoms with van der Waals surface area (Å²) in [7, 11) is 0. The molecule has 18 heavy (non-hydrogen) atoms. The van der Waals surface area contributed by atoms with Gasteiger partial charge in [0.1, 0.15) is 17.3 Å². The first kappa shape index (κ1) is 11.6. The number of imidazole rings is 1. The Bertz CT molecular complexity index is 737. The lowest BCUT2D eigenvalue weighted by molar-refractivity contribution is 0.585. The number of rotatable bonds is 1. The average molecular weight is 356 g/mol. The first-order valence-electron chi connectivity index (χ1n) is 5.23. The third kappa shape index (κ3) is 1.98. The molecule has 0 aliphatic rings. The summed E-state index contributed by atoms with van der Waals surface area (Å²) in [5.41, 5.74) is 1.53. The molecule has 0 saturated carbocycles. The highest BCUT2D eigenvalue weighted by Crippen LogP contribution is 2.23. The first-order valence-corrected chi connectivity index (χ1v) is 6.31. The van der Waals surface area contributed by atoms with Gasteiger partial charge in [0.05, 0.1) is 5.69 Å². The van der Waals surface area contributed by atoms with E-state index < -0.39 is 11.6 Å². The molecule has 3 aromatic rings. The third-order valence-electron chi connectivity index (χ3n) is 2.62. The molecule has 0 radical (unpaired) electrons. The van der Waals surface area contributed by atoms with Crippen LogP contribution < -0.4 is 0 Å². The van der Waals surface area contributed by atoms with E-state index in [0.717, 1.165) is 15.3 Å². The molecular weight excluding hydrogens is 349 g/mol. The molecule has 1 aromatic carbocycles. The van der Waals surface area contributed by atoms with Crippen LogP contribution in [0.4, 0.5) is 8.78 Å². The van der Waals surface area contributed by atoms with Crippen LogP contribution in [-0.4, -0.2) is 9.38 Å². The van der Waals surface area contributed by atoms with Crippen molar-refractivity contribution in [3.63, 3.8) is 0 Å². The van der Waals surface area contributed by atoms with E-state index in [1.54, 1.807) is 6.20 Å². The number of pyridine rings is 1. The van der Waals surface area contributed by atoms with E-state index in [-0.39, 0.29) is 0 Å². The van der Waals surface area contributed by atoms with Crippen LogP contribution in [0.15, 0.2) is 42.7 Å². The molecule has 0 amide bonds. The van der Waals surface area contributed by atoms with Gasteiger partial charge in [0.2, 0.25) is 0 Å². The summed E-state index contributed by atoms with van der Waals surface area (Å²) in [6.45, 7) is 0. The summed E-state index contributed by atoms with van der Waals surface area (Å²) in [6.07, 6.45) is 3.63. The quantitative estimate of drug-likeness (QED) is 0.605. The van der Waals surface area contributed by atoms with Crippen molar-refractivity contribution in [2.75, 3.05) is 0 Å². The Labute approximate surface area is 115 Å². The number of benzene rings is 1. The van der Waals surface area contributed by atoms with E-state index >= 15 is 0 Å². The van der Waals surface area contributed by atoms with E-state index in [4.69, 9.17) is 0 Å². The van der Waals surface area contributed by atoms with Gasteiger partial charge in [-0.05, 0) is 46.9 Å². The zero-order chi connectivity index (χ0) is 12.7. The number of halogens is 3. The lowest BCUT2D eigenvalue weighted by Crippen LogP contribution is -1.85. The van der Waals surface area contributed by atoms with Crippen molar-refractivity contribution in [1.29, 1.82) is 0 Å². The Morgan fingerprint density at radius 2 is 1.89 bits per heavy atom. The summed E-state index contributed by atoms with van der Waals surface area (Å²) < 4.78 is 29.4. The SMILES string of the molecule is Fc1ccc(-c2cn3cc(I)ccc3n2)c(F)c1. The maximum absolute atomic E-state index is 13.7. The molecule has 5 heteroatoms. The van der Waals surface area contributed by atoms with Gasteiger partial charge in [-0.2, -0.15) is 0 Å². The molecule has 2 heterocycles. The molecule has 0 N–H and O–H groups in total. The van der Waals surface area contributed by atoms with Crippen molar-refractivity contribution in [1.82, 2.24) is 9.38 Å². The van der Waals surface area contributed by atoms with Crippen LogP contribution in [-0.2, 0) is 0 Å². The van der Waals surface area contributed by atoms with E-state index in [0.29, 0.717) is 11.3 Å². The molecule has 3 rings (SSSR count). The summed E-state index contributed by atoms with van der Waals surface area (Å²) >= 11 is 2.19. The molecule has 2 aromatic heterocycles. The standard InChI is InChI=1S/C13H7F2IN2/c14-8-1-3-10(11(15)5-8)12-7-18-6-9(16)2-4-13(18)17-12/h1-7H. The minimum atomic E-state index is -0.604. The van der Waals surface area contributed by atoms with Gasteiger partial charge in [0.25, 0.3) is 0 Å². The Hall–Kier alpha value is -1.50. The largest absolute Gasteiger partial charge is 0.305 e. The Morgan fingerprint density at radius 3 is 2.67 bits per heavy atom. The normalized spacial score (nSPS) is 11.1. The molecule has 0 aliphatic carbocycles. The minimum absolute atomic E-state index is 0.301. The molecule has 90 valence electrons. The zero-order valence-electron chi connectivity index (χ0n) is 9.07. The van der Waals surface area contributed by atoms with Crippen LogP contribution >= 0.6 is 22.6 Å². The molecule has 0 aliphatic heterocycles. The number of nitrogens with zero attached hydrogens (tertiary/aromatic N) is 2. The topological polar surface area (TPSA) is 17.3 Å². The maximum Gasteiger partial charge on any atom is 0.137 e. The second-order valence-corrected chi connectivity index (χ2v) is 5.11. The fraction of sp³-hybridized carbons (Fsp3) is 0. The Balaban J connectivity index is 2.19. The average Bonchev–Trinajstić information content (AvgIpc) is 2.71. The van der Waals surface area contributed by atoms with Crippen molar-refractivity contribution in [2.45, 2.75) is 0 Å². The number of hydrogen-bond acceptors (Lipinski definition) is 1. The van der Waals surface area contributed by atoms with Crippen LogP contribution in [0.5, 0.6) is 0 Å². The predicted molar refractivity (Wildman–Crippen MR) is 73.3 cm³/mol. The minimum Gasteiger partial charge on any atom is -0.305 e. The predicted octanol–water partition coefficient (Wildman–Crippen LogP) is 3.88. The Morgan fingerprint density at radius 1 is 1.06 bits per heavy atom. The van der Waals surface area contributed by atoms with Crippen LogP contribution in [0.3, 0.4) is 0 Å². The van der Waals surface area contributed by atoms with E-state index in [1.807, 2.05) is 22.7 Å². The van der Waals surface area contributed by atoms with Crippen molar-refractivity contribution in [3.05, 3.63) is 57.9 Å². The first-order chi connectivity index (χ1) is 8.63. The highest BCUT2D eigenvalue weighted by molar-refractivity contribution is 14.1. The fourth-order valence-electron chi connectivity index (χ4n) is 1.79. The van der Waals surface area contributed by atoms with Gasteiger partial charge in [-0.3, -0.25) is 0 Å². The van der Waals surface area contributed by atoms with Crippen LogP contribution in [0.25, 0.3) is 16.9 Å². The summed E-state index contributed by atoms with van der Waals surface area (Å²) in [5.74, 6) is -1.19. The molecule has 0 atom stereocenters. The highest BCUT2D eigenvalue weighted by atomic mass is 127. The van der Waals surface area contributed by atoms with Gasteiger partial charge in [-0.25, -0.2) is 13.8 Å². The summed E-state index contributed by atoms with van der Waals surface area (Å²) in [5, 5.41) is 0. The van der Waals surface area contributed by atoms with Crippen molar-refractivity contribution in [2.24, 2.45) is 0 Å². The van der Waals surface area contributed by atoms with Crippen molar-refractivity contribution < 1.29 is 8.78 Å². The summed E-state index contributed by atoms with van der Waals surface area (Å²) in [4.78, 5) is 4.31. The van der Waals surface area contributed by atoms with Gasteiger partial charge >= 0.3 is 0 Å². The molecular formula is C13H7F2IN2. The lowest BCUT2D eigenvalue weighted by atomic mass is 10.1. The maximum atomic E-state index is 13.7. The lowest BCUT2D eigenvalue weighted by Gasteiger charge is -1.98. The van der Waals surface area contributed by atoms with Crippen LogP contribution in [0, 0.1) is 15.2 Å². The van der Waals surface area contributed by atoms with E-state index in [9.17, 15) is 8.78 Å². The number of aromatic nitrogens is 2. The fourth-order valence-corrected chi connectivity index (χ4v) is 2.27. The third-order valence-corrected chi connectivity index (χ3v) is 3.26. The molecule has 0 saturated heterocycles. The zero-order valence-corrected chi connectivity index (χ0v) is 11.2. The summed E-state index contributed by atoms with van der Waals surface area (Å²) in [6, 6.07) is 7.27. The van der Waals surface area contributed by atoms with Gasteiger partial charge in [-0.1, -0.05) is 0 Å². The van der Waals surface area contributed by atoms with Crippen molar-refractivity contribution >= 4 is 28.2 Å². The second kappa shape index (κ2) is 4.31. The number of hydrogen-bond donors (Lipinski definition) is 0. The highest BCUT2D eigenvalue weighted by Gasteiger charge is 2.10. The monoisotopic (exact) mass is 356 g/mol. The van der Waals surface area contributed by atoms with Crippen LogP contribution in [0.1, 0.15) is 0 Å². The van der Waals surface area contributed by atoms with Gasteiger partial charge in [-0.15, -0.1) is 0 Å². The van der Waals surface area contributed by atoms with Crippen LogP contribution in [0.2, 0.25) is 0 Å². The number of fused-ring (bicyclic) bond motifs is 1. The molecule has 0 unspecified atom stereocenters. The van der Waals surface area contributed by atoms with Crippen molar-refractivity contribution in [3.8, 4) is 11.3 Å². The Kier molecular flexibility index (Phi) is 2.77. The van der Waals surface area contributed by atoms with E-state index in [1.165, 1.54) is 12.1 Å². The molecule has 0 fully saturated rings. The van der Waals surface area contributed by atoms with Gasteiger partial charge in [0.15, 0.2) is 0 Å². The van der Waals surface area contributed by atoms with Gasteiger partial charge < -0.3 is 4.40 Å². The molecule has 2 nitrogen and oxygen atoms in total. The smallest absolute Gasteiger partial charge is 0.137 e. The van der Waals surface area contributed by atoms with E-state index in [2.05, 4.69) is 27.6 Å². The molecule has 0 spiro atoms. The van der Waals surface area contributed by atoms with Gasteiger partial charge in [0, 0.05) is 27.6 Å².